The van der Waals surface area contributed by atoms with E-state index in [1.54, 1.807) is 0 Å². The van der Waals surface area contributed by atoms with Gasteiger partial charge in [-0.15, -0.1) is 0 Å². The molecule has 8 heteroatoms. The third-order valence-corrected chi connectivity index (χ3v) is 19.9. The first-order valence-electron chi connectivity index (χ1n) is 35.5. The van der Waals surface area contributed by atoms with Gasteiger partial charge < -0.3 is 37.9 Å². The maximum absolute atomic E-state index is 2.48. The second-order valence-electron chi connectivity index (χ2n) is 27.2. The van der Waals surface area contributed by atoms with Gasteiger partial charge in [0.1, 0.15) is 0 Å². The van der Waals surface area contributed by atoms with E-state index in [4.69, 9.17) is 0 Å². The highest BCUT2D eigenvalue weighted by atomic mass is 15.1. The van der Waals surface area contributed by atoms with Gasteiger partial charge in [0, 0.05) is 186 Å². The van der Waals surface area contributed by atoms with Crippen molar-refractivity contribution in [3.63, 3.8) is 0 Å². The largest absolute Gasteiger partial charge is 0.345 e. The number of hydrogen-bond donors (Lipinski definition) is 0. The third-order valence-electron chi connectivity index (χ3n) is 19.9. The summed E-state index contributed by atoms with van der Waals surface area (Å²) in [6.07, 6.45) is 4.68. The molecule has 0 aliphatic carbocycles. The van der Waals surface area contributed by atoms with E-state index in [2.05, 4.69) is 406 Å². The Hall–Kier alpha value is -11.0. The standard InChI is InChI=1S/3C23H24N2.C22H22N2/c1-23(2,3)25-21-13-9-8-12-19(21)20-16-18(14-15-22(20)25)24(4)17-10-6-5-7-11-17;1-4-17(2)25-22-13-9-8-12-20(22)21-16-19(14-15-23(21)25)24(3)18-10-6-5-7-11-18;1-3-4-16-25-22-13-9-8-12-20(22)21-17-19(14-15-23(21)25)24(2)18-10-6-5-7-11-18;1-3-15-24-21-12-8-7-11-19(21)20-16-18(13-14-22(20)24)23(2)17-9-5-4-6-10-17/h5-16H,1-4H3;5-17H,4H2,1-3H3;5-15,17H,3-4,16H2,1-2H3;4-14,16H,3,15H2,1-2H3. The van der Waals surface area contributed by atoms with Crippen LogP contribution in [0.15, 0.2) is 291 Å². The van der Waals surface area contributed by atoms with Crippen molar-refractivity contribution in [3.05, 3.63) is 291 Å². The monoisotopic (exact) mass is 1300 g/mol. The molecule has 16 aromatic rings. The van der Waals surface area contributed by atoms with Crippen molar-refractivity contribution in [2.24, 2.45) is 0 Å². The number of aryl methyl sites for hydroxylation is 2. The molecule has 99 heavy (non-hydrogen) atoms. The van der Waals surface area contributed by atoms with Gasteiger partial charge in [-0.05, 0) is 193 Å². The van der Waals surface area contributed by atoms with E-state index in [9.17, 15) is 0 Å². The molecule has 0 radical (unpaired) electrons. The molecule has 0 amide bonds. The van der Waals surface area contributed by atoms with Crippen LogP contribution < -0.4 is 19.6 Å². The number of anilines is 8. The van der Waals surface area contributed by atoms with Crippen LogP contribution in [0.1, 0.15) is 80.2 Å². The normalized spacial score (nSPS) is 11.8. The lowest BCUT2D eigenvalue weighted by molar-refractivity contribution is 0.423. The summed E-state index contributed by atoms with van der Waals surface area (Å²) >= 11 is 0. The SMILES string of the molecule is CCC(C)n1c2ccccc2c2cc(N(C)c3ccccc3)ccc21.CCCCn1c2ccccc2c2cc(N(C)c3ccccc3)ccc21.CCCn1c2ccccc2c2cc(N(C)c3ccccc3)ccc21.CN(c1ccccc1)c1ccc2c(c1)c1ccccc1n2C(C)(C)C. The fourth-order valence-corrected chi connectivity index (χ4v) is 14.5. The molecule has 0 aliphatic heterocycles. The molecule has 8 nitrogen and oxygen atoms in total. The van der Waals surface area contributed by atoms with Crippen LogP contribution >= 0.6 is 0 Å². The van der Waals surface area contributed by atoms with Crippen LogP contribution in [-0.4, -0.2) is 46.5 Å². The summed E-state index contributed by atoms with van der Waals surface area (Å²) < 4.78 is 9.85. The molecule has 12 aromatic carbocycles. The molecule has 0 aliphatic rings. The molecular weight excluding hydrogens is 1210 g/mol. The first kappa shape index (κ1) is 66.6. The first-order chi connectivity index (χ1) is 48.3. The lowest BCUT2D eigenvalue weighted by Gasteiger charge is -2.24. The topological polar surface area (TPSA) is 32.7 Å². The third kappa shape index (κ3) is 13.5. The molecular formula is C91H94N8. The number of aromatic nitrogens is 4. The van der Waals surface area contributed by atoms with Gasteiger partial charge in [0.2, 0.25) is 0 Å². The van der Waals surface area contributed by atoms with E-state index in [1.165, 1.54) is 146 Å². The smallest absolute Gasteiger partial charge is 0.0497 e. The average Bonchev–Trinajstić information content (AvgIpc) is 1.62. The van der Waals surface area contributed by atoms with Crippen molar-refractivity contribution in [2.75, 3.05) is 47.8 Å². The Morgan fingerprint density at radius 2 is 0.556 bits per heavy atom. The fourth-order valence-electron chi connectivity index (χ4n) is 14.5. The average molecular weight is 1300 g/mol. The van der Waals surface area contributed by atoms with Gasteiger partial charge in [-0.1, -0.05) is 173 Å². The van der Waals surface area contributed by atoms with Crippen LogP contribution in [0.25, 0.3) is 87.2 Å². The second kappa shape index (κ2) is 29.4. The summed E-state index contributed by atoms with van der Waals surface area (Å²) in [6.45, 7) is 18.0. The van der Waals surface area contributed by atoms with Crippen molar-refractivity contribution < 1.29 is 0 Å². The molecule has 0 fully saturated rings. The Balaban J connectivity index is 0.000000119. The molecule has 0 bridgehead atoms. The van der Waals surface area contributed by atoms with Gasteiger partial charge in [-0.25, -0.2) is 0 Å². The molecule has 4 heterocycles. The summed E-state index contributed by atoms with van der Waals surface area (Å²) in [7, 11) is 8.51. The molecule has 1 atom stereocenters. The van der Waals surface area contributed by atoms with Crippen molar-refractivity contribution in [2.45, 2.75) is 98.8 Å². The predicted octanol–water partition coefficient (Wildman–Crippen LogP) is 25.2. The van der Waals surface area contributed by atoms with E-state index in [0.717, 1.165) is 25.9 Å². The Labute approximate surface area is 585 Å². The number of rotatable bonds is 15. The molecule has 0 spiro atoms. The number of nitrogens with zero attached hydrogens (tertiary/aromatic N) is 8. The quantitative estimate of drug-likeness (QED) is 0.102. The molecule has 498 valence electrons. The van der Waals surface area contributed by atoms with Crippen LogP contribution in [0.5, 0.6) is 0 Å². The van der Waals surface area contributed by atoms with Crippen LogP contribution in [-0.2, 0) is 18.6 Å². The van der Waals surface area contributed by atoms with Gasteiger partial charge in [0.15, 0.2) is 0 Å². The van der Waals surface area contributed by atoms with Crippen molar-refractivity contribution >= 4 is 133 Å². The molecule has 0 N–H and O–H groups in total. The second-order valence-corrected chi connectivity index (χ2v) is 27.2. The highest BCUT2D eigenvalue weighted by Crippen LogP contribution is 2.41. The summed E-state index contributed by atoms with van der Waals surface area (Å²) in [5, 5.41) is 10.6. The minimum atomic E-state index is 0.0359. The molecule has 1 unspecified atom stereocenters. The minimum Gasteiger partial charge on any atom is -0.345 e. The van der Waals surface area contributed by atoms with Gasteiger partial charge in [-0.2, -0.15) is 0 Å². The minimum absolute atomic E-state index is 0.0359. The number of para-hydroxylation sites is 8. The van der Waals surface area contributed by atoms with E-state index < -0.39 is 0 Å². The first-order valence-corrected chi connectivity index (χ1v) is 35.5. The summed E-state index contributed by atoms with van der Waals surface area (Å²) in [4.78, 5) is 8.97. The van der Waals surface area contributed by atoms with Crippen LogP contribution in [0.2, 0.25) is 0 Å². The van der Waals surface area contributed by atoms with E-state index in [1.807, 2.05) is 0 Å². The molecule has 4 aromatic heterocycles. The molecule has 16 rings (SSSR count). The van der Waals surface area contributed by atoms with E-state index in [-0.39, 0.29) is 5.54 Å². The number of benzene rings is 12. The van der Waals surface area contributed by atoms with Crippen molar-refractivity contribution in [3.8, 4) is 0 Å². The number of hydrogen-bond acceptors (Lipinski definition) is 4. The Kier molecular flexibility index (Phi) is 19.8. The maximum atomic E-state index is 2.48. The van der Waals surface area contributed by atoms with Gasteiger partial charge in [-0.3, -0.25) is 0 Å². The lowest BCUT2D eigenvalue weighted by Crippen LogP contribution is -2.21. The highest BCUT2D eigenvalue weighted by molar-refractivity contribution is 6.12. The molecule has 0 saturated heterocycles. The zero-order valence-electron chi connectivity index (χ0n) is 59.6. The Bertz CT molecular complexity index is 5380. The van der Waals surface area contributed by atoms with E-state index >= 15 is 0 Å². The lowest BCUT2D eigenvalue weighted by atomic mass is 10.1. The van der Waals surface area contributed by atoms with E-state index in [0.29, 0.717) is 6.04 Å². The van der Waals surface area contributed by atoms with Crippen molar-refractivity contribution in [1.82, 2.24) is 18.3 Å². The van der Waals surface area contributed by atoms with Gasteiger partial charge in [0.25, 0.3) is 0 Å². The van der Waals surface area contributed by atoms with Crippen LogP contribution in [0.4, 0.5) is 45.5 Å². The number of fused-ring (bicyclic) bond motifs is 12. The summed E-state index contributed by atoms with van der Waals surface area (Å²) in [5.41, 5.74) is 20.2. The fraction of sp³-hybridized carbons (Fsp3) is 0.209. The van der Waals surface area contributed by atoms with Crippen LogP contribution in [0, 0.1) is 0 Å². The maximum Gasteiger partial charge on any atom is 0.0497 e. The summed E-state index contributed by atoms with van der Waals surface area (Å²) in [5.74, 6) is 0. The summed E-state index contributed by atoms with van der Waals surface area (Å²) in [6, 6.07) is 105. The Morgan fingerprint density at radius 1 is 0.283 bits per heavy atom. The number of unbranched alkanes of at least 4 members (excludes halogenated alkanes) is 1. The zero-order chi connectivity index (χ0) is 68.7. The Morgan fingerprint density at radius 3 is 0.929 bits per heavy atom. The van der Waals surface area contributed by atoms with Gasteiger partial charge >= 0.3 is 0 Å². The highest BCUT2D eigenvalue weighted by Gasteiger charge is 2.22. The van der Waals surface area contributed by atoms with Crippen LogP contribution in [0.3, 0.4) is 0 Å². The predicted molar refractivity (Wildman–Crippen MR) is 431 cm³/mol. The van der Waals surface area contributed by atoms with Gasteiger partial charge in [0.05, 0.1) is 0 Å². The zero-order valence-corrected chi connectivity index (χ0v) is 59.6. The van der Waals surface area contributed by atoms with Crippen molar-refractivity contribution in [1.29, 1.82) is 0 Å². The molecule has 0 saturated carbocycles.